The summed E-state index contributed by atoms with van der Waals surface area (Å²) in [5.74, 6) is 1.89. The molecule has 5 rings (SSSR count). The SMILES string of the molecule is Cc1cc2c(c3c1C(=O)/C(=C/c1ccc(N(C)C)cc1)O3)CN(C1CCCC1)CO2. The summed E-state index contributed by atoms with van der Waals surface area (Å²) >= 11 is 0. The van der Waals surface area contributed by atoms with E-state index in [1.807, 2.05) is 57.4 Å². The summed E-state index contributed by atoms with van der Waals surface area (Å²) in [7, 11) is 4.02. The molecule has 0 radical (unpaired) electrons. The molecule has 2 aromatic rings. The van der Waals surface area contributed by atoms with Gasteiger partial charge in [-0.25, -0.2) is 0 Å². The fourth-order valence-corrected chi connectivity index (χ4v) is 4.77. The molecule has 0 spiro atoms. The molecule has 2 aliphatic heterocycles. The average molecular weight is 405 g/mol. The minimum atomic E-state index is -0.0417. The molecule has 0 aromatic heterocycles. The number of aryl methyl sites for hydroxylation is 1. The number of carbonyl (C=O) groups excluding carboxylic acids is 1. The zero-order valence-electron chi connectivity index (χ0n) is 17.9. The van der Waals surface area contributed by atoms with Gasteiger partial charge in [0.05, 0.1) is 11.1 Å². The number of hydrogen-bond acceptors (Lipinski definition) is 5. The Balaban J connectivity index is 1.47. The van der Waals surface area contributed by atoms with Crippen LogP contribution in [0.4, 0.5) is 5.69 Å². The first-order valence-corrected chi connectivity index (χ1v) is 10.8. The molecule has 1 fully saturated rings. The summed E-state index contributed by atoms with van der Waals surface area (Å²) in [6, 6.07) is 10.7. The van der Waals surface area contributed by atoms with E-state index < -0.39 is 0 Å². The van der Waals surface area contributed by atoms with Crippen LogP contribution < -0.4 is 14.4 Å². The molecule has 0 bridgehead atoms. The van der Waals surface area contributed by atoms with E-state index in [-0.39, 0.29) is 5.78 Å². The summed E-state index contributed by atoms with van der Waals surface area (Å²) in [6.07, 6.45) is 6.86. The number of rotatable bonds is 3. The van der Waals surface area contributed by atoms with Gasteiger partial charge in [-0.1, -0.05) is 25.0 Å². The van der Waals surface area contributed by atoms with Gasteiger partial charge in [0.2, 0.25) is 5.78 Å². The number of carbonyl (C=O) groups is 1. The molecule has 5 heteroatoms. The number of fused-ring (bicyclic) bond motifs is 3. The molecular weight excluding hydrogens is 376 g/mol. The molecule has 1 saturated carbocycles. The Morgan fingerprint density at radius 2 is 1.87 bits per heavy atom. The topological polar surface area (TPSA) is 42.0 Å². The number of Topliss-reactive ketones (excluding diaryl/α,β-unsaturated/α-hetero) is 1. The van der Waals surface area contributed by atoms with Gasteiger partial charge in [0.25, 0.3) is 0 Å². The normalized spacial score (nSPS) is 20.1. The molecule has 3 aliphatic rings. The zero-order chi connectivity index (χ0) is 20.8. The van der Waals surface area contributed by atoms with Crippen LogP contribution in [0.3, 0.4) is 0 Å². The van der Waals surface area contributed by atoms with Crippen LogP contribution in [0.1, 0.15) is 52.7 Å². The maximum atomic E-state index is 13.2. The Morgan fingerprint density at radius 3 is 2.57 bits per heavy atom. The minimum absolute atomic E-state index is 0.0417. The Kier molecular flexibility index (Phi) is 4.78. The van der Waals surface area contributed by atoms with Gasteiger partial charge in [0, 0.05) is 32.4 Å². The number of ketones is 1. The zero-order valence-corrected chi connectivity index (χ0v) is 17.9. The average Bonchev–Trinajstić information content (AvgIpc) is 3.38. The number of anilines is 1. The van der Waals surface area contributed by atoms with E-state index in [4.69, 9.17) is 9.47 Å². The smallest absolute Gasteiger partial charge is 0.232 e. The summed E-state index contributed by atoms with van der Waals surface area (Å²) in [6.45, 7) is 3.35. The molecule has 2 aromatic carbocycles. The van der Waals surface area contributed by atoms with Crippen LogP contribution >= 0.6 is 0 Å². The van der Waals surface area contributed by atoms with Crippen molar-refractivity contribution >= 4 is 17.5 Å². The van der Waals surface area contributed by atoms with Gasteiger partial charge < -0.3 is 14.4 Å². The third kappa shape index (κ3) is 3.27. The highest BCUT2D eigenvalue weighted by atomic mass is 16.5. The Morgan fingerprint density at radius 1 is 1.13 bits per heavy atom. The number of nitrogens with zero attached hydrogens (tertiary/aromatic N) is 2. The lowest BCUT2D eigenvalue weighted by Gasteiger charge is -2.34. The van der Waals surface area contributed by atoms with Gasteiger partial charge in [0.15, 0.2) is 5.76 Å². The molecule has 0 amide bonds. The Hall–Kier alpha value is -2.79. The van der Waals surface area contributed by atoms with Crippen LogP contribution in [0.25, 0.3) is 6.08 Å². The monoisotopic (exact) mass is 404 g/mol. The first-order chi connectivity index (χ1) is 14.5. The van der Waals surface area contributed by atoms with E-state index in [0.29, 0.717) is 29.8 Å². The van der Waals surface area contributed by atoms with Crippen LogP contribution in [-0.4, -0.2) is 37.6 Å². The van der Waals surface area contributed by atoms with Crippen molar-refractivity contribution in [2.24, 2.45) is 0 Å². The summed E-state index contributed by atoms with van der Waals surface area (Å²) in [5.41, 5.74) is 4.67. The second kappa shape index (κ2) is 7.47. The van der Waals surface area contributed by atoms with Crippen LogP contribution in [0.15, 0.2) is 36.1 Å². The van der Waals surface area contributed by atoms with Gasteiger partial charge in [0.1, 0.15) is 18.2 Å². The van der Waals surface area contributed by atoms with Gasteiger partial charge in [-0.3, -0.25) is 9.69 Å². The highest BCUT2D eigenvalue weighted by molar-refractivity contribution is 6.15. The molecule has 5 nitrogen and oxygen atoms in total. The van der Waals surface area contributed by atoms with Crippen molar-refractivity contribution in [1.29, 1.82) is 0 Å². The van der Waals surface area contributed by atoms with E-state index in [1.165, 1.54) is 25.7 Å². The van der Waals surface area contributed by atoms with Crippen molar-refractivity contribution in [3.8, 4) is 11.5 Å². The number of hydrogen-bond donors (Lipinski definition) is 0. The fraction of sp³-hybridized carbons (Fsp3) is 0.400. The predicted octanol–water partition coefficient (Wildman–Crippen LogP) is 4.77. The Bertz CT molecular complexity index is 1020. The minimum Gasteiger partial charge on any atom is -0.478 e. The lowest BCUT2D eigenvalue weighted by molar-refractivity contribution is 0.0567. The second-order valence-electron chi connectivity index (χ2n) is 8.76. The van der Waals surface area contributed by atoms with Crippen molar-refractivity contribution in [3.63, 3.8) is 0 Å². The molecule has 0 saturated heterocycles. The number of allylic oxidation sites excluding steroid dienone is 1. The van der Waals surface area contributed by atoms with Crippen LogP contribution in [-0.2, 0) is 6.54 Å². The first kappa shape index (κ1) is 19.2. The molecule has 0 atom stereocenters. The fourth-order valence-electron chi connectivity index (χ4n) is 4.77. The largest absolute Gasteiger partial charge is 0.478 e. The van der Waals surface area contributed by atoms with E-state index in [1.54, 1.807) is 0 Å². The summed E-state index contributed by atoms with van der Waals surface area (Å²) in [4.78, 5) is 17.6. The first-order valence-electron chi connectivity index (χ1n) is 10.8. The van der Waals surface area contributed by atoms with E-state index >= 15 is 0 Å². The van der Waals surface area contributed by atoms with Gasteiger partial charge in [-0.05, 0) is 55.2 Å². The number of benzene rings is 2. The molecule has 0 unspecified atom stereocenters. The van der Waals surface area contributed by atoms with Crippen molar-refractivity contribution in [2.45, 2.75) is 45.2 Å². The van der Waals surface area contributed by atoms with E-state index in [9.17, 15) is 4.79 Å². The second-order valence-corrected chi connectivity index (χ2v) is 8.76. The molecule has 1 aliphatic carbocycles. The highest BCUT2D eigenvalue weighted by Crippen LogP contribution is 2.45. The predicted molar refractivity (Wildman–Crippen MR) is 118 cm³/mol. The standard InChI is InChI=1S/C25H28N2O3/c1-16-12-21-20(14-27(15-29-21)19-6-4-5-7-19)25-23(16)24(28)22(30-25)13-17-8-10-18(11-9-17)26(2)3/h8-13,19H,4-7,14-15H2,1-3H3/b22-13-. The lowest BCUT2D eigenvalue weighted by atomic mass is 9.98. The van der Waals surface area contributed by atoms with Crippen molar-refractivity contribution in [1.82, 2.24) is 4.90 Å². The molecule has 0 N–H and O–H groups in total. The van der Waals surface area contributed by atoms with Crippen LogP contribution in [0, 0.1) is 6.92 Å². The number of ether oxygens (including phenoxy) is 2. The van der Waals surface area contributed by atoms with Crippen LogP contribution in [0.2, 0.25) is 0 Å². The molecule has 30 heavy (non-hydrogen) atoms. The quantitative estimate of drug-likeness (QED) is 0.689. The van der Waals surface area contributed by atoms with Crippen molar-refractivity contribution in [3.05, 3.63) is 58.3 Å². The van der Waals surface area contributed by atoms with E-state index in [2.05, 4.69) is 9.80 Å². The third-order valence-electron chi connectivity index (χ3n) is 6.50. The maximum absolute atomic E-state index is 13.2. The van der Waals surface area contributed by atoms with Gasteiger partial charge in [-0.15, -0.1) is 0 Å². The third-order valence-corrected chi connectivity index (χ3v) is 6.50. The maximum Gasteiger partial charge on any atom is 0.232 e. The molecular formula is C25H28N2O3. The van der Waals surface area contributed by atoms with Gasteiger partial charge in [-0.2, -0.15) is 0 Å². The van der Waals surface area contributed by atoms with E-state index in [0.717, 1.165) is 34.7 Å². The van der Waals surface area contributed by atoms with Crippen molar-refractivity contribution < 1.29 is 14.3 Å². The summed E-state index contributed by atoms with van der Waals surface area (Å²) < 4.78 is 12.3. The lowest BCUT2D eigenvalue weighted by Crippen LogP contribution is -2.39. The van der Waals surface area contributed by atoms with Crippen LogP contribution in [0.5, 0.6) is 11.5 Å². The highest BCUT2D eigenvalue weighted by Gasteiger charge is 2.36. The molecule has 2 heterocycles. The van der Waals surface area contributed by atoms with Gasteiger partial charge >= 0.3 is 0 Å². The Labute approximate surface area is 177 Å². The molecule has 156 valence electrons. The summed E-state index contributed by atoms with van der Waals surface area (Å²) in [5, 5.41) is 0. The van der Waals surface area contributed by atoms with Crippen molar-refractivity contribution in [2.75, 3.05) is 25.7 Å².